The molecule has 0 spiro atoms. The molecule has 21 heavy (non-hydrogen) atoms. The second kappa shape index (κ2) is 5.53. The highest BCUT2D eigenvalue weighted by molar-refractivity contribution is 5.50. The number of rotatable bonds is 3. The van der Waals surface area contributed by atoms with Crippen LogP contribution >= 0.6 is 0 Å². The van der Waals surface area contributed by atoms with Gasteiger partial charge < -0.3 is 10.4 Å². The van der Waals surface area contributed by atoms with E-state index < -0.39 is 0 Å². The standard InChI is InChI=1S/C19H23NO/c1-19(2)11-10-15-7-3-4-9-17(15)18(19)20-16-8-5-6-14(12-16)13-21/h3-9,12,18,20-21H,10-11,13H2,1-2H3. The number of hydrogen-bond donors (Lipinski definition) is 2. The van der Waals surface area contributed by atoms with Crippen molar-refractivity contribution in [3.8, 4) is 0 Å². The highest BCUT2D eigenvalue weighted by Crippen LogP contribution is 2.45. The van der Waals surface area contributed by atoms with Crippen LogP contribution in [0.2, 0.25) is 0 Å². The van der Waals surface area contributed by atoms with E-state index >= 15 is 0 Å². The predicted octanol–water partition coefficient (Wildman–Crippen LogP) is 4.30. The van der Waals surface area contributed by atoms with Crippen LogP contribution in [0.15, 0.2) is 48.5 Å². The molecule has 0 aliphatic heterocycles. The highest BCUT2D eigenvalue weighted by Gasteiger charge is 2.35. The minimum Gasteiger partial charge on any atom is -0.392 e. The molecule has 110 valence electrons. The number of fused-ring (bicyclic) bond motifs is 1. The van der Waals surface area contributed by atoms with Crippen LogP contribution in [0, 0.1) is 5.41 Å². The highest BCUT2D eigenvalue weighted by atomic mass is 16.3. The van der Waals surface area contributed by atoms with Gasteiger partial charge in [0.25, 0.3) is 0 Å². The number of benzene rings is 2. The summed E-state index contributed by atoms with van der Waals surface area (Å²) in [5.74, 6) is 0. The van der Waals surface area contributed by atoms with Gasteiger partial charge in [0.1, 0.15) is 0 Å². The maximum atomic E-state index is 9.30. The summed E-state index contributed by atoms with van der Waals surface area (Å²) < 4.78 is 0. The third-order valence-electron chi connectivity index (χ3n) is 4.61. The molecule has 0 radical (unpaired) electrons. The second-order valence-electron chi connectivity index (χ2n) is 6.62. The van der Waals surface area contributed by atoms with Crippen molar-refractivity contribution in [2.45, 2.75) is 39.3 Å². The molecular formula is C19H23NO. The van der Waals surface area contributed by atoms with E-state index in [0.717, 1.165) is 17.7 Å². The first-order chi connectivity index (χ1) is 10.1. The zero-order valence-electron chi connectivity index (χ0n) is 12.8. The summed E-state index contributed by atoms with van der Waals surface area (Å²) in [4.78, 5) is 0. The lowest BCUT2D eigenvalue weighted by Crippen LogP contribution is -2.33. The van der Waals surface area contributed by atoms with Gasteiger partial charge in [0.05, 0.1) is 12.6 Å². The number of aliphatic hydroxyl groups is 1. The van der Waals surface area contributed by atoms with E-state index in [1.807, 2.05) is 18.2 Å². The van der Waals surface area contributed by atoms with Crippen LogP contribution < -0.4 is 5.32 Å². The Kier molecular flexibility index (Phi) is 3.73. The predicted molar refractivity (Wildman–Crippen MR) is 87.3 cm³/mol. The Balaban J connectivity index is 1.95. The Bertz CT molecular complexity index is 633. The molecule has 1 aliphatic rings. The van der Waals surface area contributed by atoms with Gasteiger partial charge in [-0.05, 0) is 47.1 Å². The lowest BCUT2D eigenvalue weighted by atomic mass is 9.70. The molecule has 1 unspecified atom stereocenters. The summed E-state index contributed by atoms with van der Waals surface area (Å²) in [6.07, 6.45) is 2.33. The van der Waals surface area contributed by atoms with Crippen LogP contribution in [-0.4, -0.2) is 5.11 Å². The van der Waals surface area contributed by atoms with Crippen molar-refractivity contribution in [2.75, 3.05) is 5.32 Å². The fraction of sp³-hybridized carbons (Fsp3) is 0.368. The Morgan fingerprint density at radius 3 is 2.76 bits per heavy atom. The summed E-state index contributed by atoms with van der Waals surface area (Å²) >= 11 is 0. The maximum absolute atomic E-state index is 9.30. The number of aryl methyl sites for hydroxylation is 1. The molecule has 3 rings (SSSR count). The van der Waals surface area contributed by atoms with Crippen molar-refractivity contribution in [1.82, 2.24) is 0 Å². The summed E-state index contributed by atoms with van der Waals surface area (Å²) in [5.41, 5.74) is 5.10. The normalized spacial score (nSPS) is 19.9. The minimum absolute atomic E-state index is 0.0835. The van der Waals surface area contributed by atoms with Gasteiger partial charge in [-0.2, -0.15) is 0 Å². The van der Waals surface area contributed by atoms with Crippen molar-refractivity contribution < 1.29 is 5.11 Å². The molecule has 0 fully saturated rings. The quantitative estimate of drug-likeness (QED) is 0.879. The average molecular weight is 281 g/mol. The number of nitrogens with one attached hydrogen (secondary N) is 1. The minimum atomic E-state index is 0.0835. The molecule has 2 aromatic rings. The van der Waals surface area contributed by atoms with E-state index in [-0.39, 0.29) is 12.0 Å². The molecule has 0 bridgehead atoms. The first-order valence-corrected chi connectivity index (χ1v) is 7.64. The summed E-state index contributed by atoms with van der Waals surface area (Å²) in [6, 6.07) is 17.1. The molecule has 0 aromatic heterocycles. The van der Waals surface area contributed by atoms with Gasteiger partial charge in [-0.1, -0.05) is 50.2 Å². The van der Waals surface area contributed by atoms with Crippen LogP contribution in [0.4, 0.5) is 5.69 Å². The summed E-state index contributed by atoms with van der Waals surface area (Å²) in [7, 11) is 0. The van der Waals surface area contributed by atoms with Gasteiger partial charge in [0, 0.05) is 5.69 Å². The molecule has 2 N–H and O–H groups in total. The third-order valence-corrected chi connectivity index (χ3v) is 4.61. The maximum Gasteiger partial charge on any atom is 0.0682 e. The largest absolute Gasteiger partial charge is 0.392 e. The van der Waals surface area contributed by atoms with Gasteiger partial charge in [0.15, 0.2) is 0 Å². The molecule has 0 heterocycles. The van der Waals surface area contributed by atoms with Crippen molar-refractivity contribution in [3.05, 3.63) is 65.2 Å². The number of aliphatic hydroxyl groups excluding tert-OH is 1. The smallest absolute Gasteiger partial charge is 0.0682 e. The van der Waals surface area contributed by atoms with Crippen molar-refractivity contribution in [3.63, 3.8) is 0 Å². The molecule has 1 aliphatic carbocycles. The number of anilines is 1. The number of hydrogen-bond acceptors (Lipinski definition) is 2. The van der Waals surface area contributed by atoms with Crippen LogP contribution in [-0.2, 0) is 13.0 Å². The van der Waals surface area contributed by atoms with E-state index in [1.165, 1.54) is 17.5 Å². The average Bonchev–Trinajstić information content (AvgIpc) is 2.50. The zero-order chi connectivity index (χ0) is 14.9. The monoisotopic (exact) mass is 281 g/mol. The van der Waals surface area contributed by atoms with E-state index in [9.17, 15) is 5.11 Å². The molecule has 0 saturated carbocycles. The molecule has 1 atom stereocenters. The Labute approximate surface area is 126 Å². The molecule has 2 aromatic carbocycles. The third kappa shape index (κ3) is 2.81. The summed E-state index contributed by atoms with van der Waals surface area (Å²) in [6.45, 7) is 4.74. The van der Waals surface area contributed by atoms with Crippen LogP contribution in [0.25, 0.3) is 0 Å². The molecule has 2 nitrogen and oxygen atoms in total. The lowest BCUT2D eigenvalue weighted by Gasteiger charge is -2.41. The van der Waals surface area contributed by atoms with Gasteiger partial charge in [-0.3, -0.25) is 0 Å². The van der Waals surface area contributed by atoms with Crippen LogP contribution in [0.1, 0.15) is 43.0 Å². The van der Waals surface area contributed by atoms with E-state index in [0.29, 0.717) is 6.04 Å². The first kappa shape index (κ1) is 14.2. The van der Waals surface area contributed by atoms with Crippen molar-refractivity contribution in [1.29, 1.82) is 0 Å². The molecule has 0 saturated heterocycles. The van der Waals surface area contributed by atoms with E-state index in [4.69, 9.17) is 0 Å². The van der Waals surface area contributed by atoms with Gasteiger partial charge in [-0.25, -0.2) is 0 Å². The summed E-state index contributed by atoms with van der Waals surface area (Å²) in [5, 5.41) is 13.0. The van der Waals surface area contributed by atoms with E-state index in [2.05, 4.69) is 49.5 Å². The van der Waals surface area contributed by atoms with Crippen molar-refractivity contribution in [2.24, 2.45) is 5.41 Å². The Hall–Kier alpha value is -1.80. The SMILES string of the molecule is CC1(C)CCc2ccccc2C1Nc1cccc(CO)c1. The molecule has 0 amide bonds. The Morgan fingerprint density at radius 1 is 1.14 bits per heavy atom. The topological polar surface area (TPSA) is 32.3 Å². The van der Waals surface area contributed by atoms with E-state index in [1.54, 1.807) is 0 Å². The lowest BCUT2D eigenvalue weighted by molar-refractivity contribution is 0.265. The molecular weight excluding hydrogens is 258 g/mol. The fourth-order valence-corrected chi connectivity index (χ4v) is 3.26. The van der Waals surface area contributed by atoms with Gasteiger partial charge >= 0.3 is 0 Å². The molecule has 2 heteroatoms. The first-order valence-electron chi connectivity index (χ1n) is 7.64. The zero-order valence-corrected chi connectivity index (χ0v) is 12.8. The Morgan fingerprint density at radius 2 is 1.95 bits per heavy atom. The van der Waals surface area contributed by atoms with Crippen LogP contribution in [0.3, 0.4) is 0 Å². The van der Waals surface area contributed by atoms with Gasteiger partial charge in [-0.15, -0.1) is 0 Å². The second-order valence-corrected chi connectivity index (χ2v) is 6.62. The fourth-order valence-electron chi connectivity index (χ4n) is 3.26. The van der Waals surface area contributed by atoms with Crippen LogP contribution in [0.5, 0.6) is 0 Å². The van der Waals surface area contributed by atoms with Crippen molar-refractivity contribution >= 4 is 5.69 Å². The van der Waals surface area contributed by atoms with Gasteiger partial charge in [0.2, 0.25) is 0 Å².